The van der Waals surface area contributed by atoms with Crippen molar-refractivity contribution in [3.05, 3.63) is 72.1 Å². The molecule has 0 atom stereocenters. The highest BCUT2D eigenvalue weighted by Crippen LogP contribution is 2.07. The molecule has 25 heavy (non-hydrogen) atoms. The third kappa shape index (κ3) is 4.51. The monoisotopic (exact) mass is 335 g/mol. The standard InChI is InChI=1S/C18H17N5O2/c1-13-7-9-14(10-8-13)17(25)21-18-19-12-23(22-18)11-16(24)20-15-5-3-2-4-6-15/h2-10,12H,11H2,1H3,(H,20,24)(H,21,22,25). The van der Waals surface area contributed by atoms with Gasteiger partial charge in [0.15, 0.2) is 0 Å². The van der Waals surface area contributed by atoms with Gasteiger partial charge in [0.25, 0.3) is 5.91 Å². The van der Waals surface area contributed by atoms with Crippen molar-refractivity contribution in [3.8, 4) is 0 Å². The zero-order valence-corrected chi connectivity index (χ0v) is 13.6. The van der Waals surface area contributed by atoms with Crippen molar-refractivity contribution in [2.45, 2.75) is 13.5 Å². The molecule has 0 bridgehead atoms. The van der Waals surface area contributed by atoms with E-state index in [1.165, 1.54) is 11.0 Å². The summed E-state index contributed by atoms with van der Waals surface area (Å²) in [5, 5.41) is 9.45. The first-order valence-corrected chi connectivity index (χ1v) is 7.72. The summed E-state index contributed by atoms with van der Waals surface area (Å²) in [6, 6.07) is 16.3. The Morgan fingerprint density at radius 3 is 2.44 bits per heavy atom. The molecule has 0 radical (unpaired) electrons. The van der Waals surface area contributed by atoms with E-state index in [0.717, 1.165) is 5.56 Å². The fourth-order valence-corrected chi connectivity index (χ4v) is 2.18. The molecule has 0 aliphatic rings. The average Bonchev–Trinajstić information content (AvgIpc) is 3.03. The second kappa shape index (κ2) is 7.39. The lowest BCUT2D eigenvalue weighted by Crippen LogP contribution is -2.19. The van der Waals surface area contributed by atoms with Gasteiger partial charge in [-0.2, -0.15) is 0 Å². The largest absolute Gasteiger partial charge is 0.324 e. The van der Waals surface area contributed by atoms with Gasteiger partial charge in [-0.05, 0) is 31.2 Å². The number of aryl methyl sites for hydroxylation is 1. The number of rotatable bonds is 5. The summed E-state index contributed by atoms with van der Waals surface area (Å²) in [6.45, 7) is 1.95. The van der Waals surface area contributed by atoms with Crippen LogP contribution in [0.25, 0.3) is 0 Å². The highest BCUT2D eigenvalue weighted by molar-refractivity contribution is 6.03. The maximum absolute atomic E-state index is 12.1. The Balaban J connectivity index is 1.57. The van der Waals surface area contributed by atoms with E-state index in [1.807, 2.05) is 37.3 Å². The Morgan fingerprint density at radius 2 is 1.72 bits per heavy atom. The van der Waals surface area contributed by atoms with Crippen molar-refractivity contribution in [3.63, 3.8) is 0 Å². The number of anilines is 2. The van der Waals surface area contributed by atoms with Crippen LogP contribution in [-0.2, 0) is 11.3 Å². The van der Waals surface area contributed by atoms with E-state index < -0.39 is 0 Å². The third-order valence-electron chi connectivity index (χ3n) is 3.44. The van der Waals surface area contributed by atoms with Crippen LogP contribution in [0, 0.1) is 6.92 Å². The highest BCUT2D eigenvalue weighted by Gasteiger charge is 2.10. The zero-order valence-electron chi connectivity index (χ0n) is 13.6. The molecule has 2 amide bonds. The van der Waals surface area contributed by atoms with Crippen molar-refractivity contribution in [1.29, 1.82) is 0 Å². The molecule has 126 valence electrons. The lowest BCUT2D eigenvalue weighted by molar-refractivity contribution is -0.116. The van der Waals surface area contributed by atoms with Gasteiger partial charge in [-0.25, -0.2) is 9.67 Å². The quantitative estimate of drug-likeness (QED) is 0.750. The summed E-state index contributed by atoms with van der Waals surface area (Å²) in [5.41, 5.74) is 2.30. The first-order valence-electron chi connectivity index (χ1n) is 7.72. The third-order valence-corrected chi connectivity index (χ3v) is 3.44. The number of nitrogens with one attached hydrogen (secondary N) is 2. The van der Waals surface area contributed by atoms with Gasteiger partial charge >= 0.3 is 0 Å². The normalized spacial score (nSPS) is 10.3. The van der Waals surface area contributed by atoms with Crippen LogP contribution < -0.4 is 10.6 Å². The van der Waals surface area contributed by atoms with E-state index >= 15 is 0 Å². The van der Waals surface area contributed by atoms with Gasteiger partial charge in [0.1, 0.15) is 12.9 Å². The minimum atomic E-state index is -0.300. The second-order valence-electron chi connectivity index (χ2n) is 5.50. The SMILES string of the molecule is Cc1ccc(C(=O)Nc2ncn(CC(=O)Nc3ccccc3)n2)cc1. The van der Waals surface area contributed by atoms with Crippen molar-refractivity contribution in [2.75, 3.05) is 10.6 Å². The summed E-state index contributed by atoms with van der Waals surface area (Å²) in [4.78, 5) is 28.1. The number of hydrogen-bond donors (Lipinski definition) is 2. The Labute approximate surface area is 144 Å². The van der Waals surface area contributed by atoms with Crippen LogP contribution in [0.5, 0.6) is 0 Å². The van der Waals surface area contributed by atoms with Crippen LogP contribution in [-0.4, -0.2) is 26.6 Å². The van der Waals surface area contributed by atoms with Crippen molar-refractivity contribution in [2.24, 2.45) is 0 Å². The highest BCUT2D eigenvalue weighted by atomic mass is 16.2. The molecule has 3 aromatic rings. The minimum Gasteiger partial charge on any atom is -0.324 e. The first kappa shape index (κ1) is 16.4. The molecule has 0 saturated carbocycles. The molecule has 3 rings (SSSR count). The van der Waals surface area contributed by atoms with Gasteiger partial charge in [-0.1, -0.05) is 35.9 Å². The Kier molecular flexibility index (Phi) is 4.84. The molecule has 0 aliphatic heterocycles. The average molecular weight is 335 g/mol. The molecule has 7 nitrogen and oxygen atoms in total. The topological polar surface area (TPSA) is 88.9 Å². The lowest BCUT2D eigenvalue weighted by atomic mass is 10.1. The maximum atomic E-state index is 12.1. The molecule has 0 unspecified atom stereocenters. The Morgan fingerprint density at radius 1 is 1.00 bits per heavy atom. The summed E-state index contributed by atoms with van der Waals surface area (Å²) in [7, 11) is 0. The van der Waals surface area contributed by atoms with Crippen molar-refractivity contribution < 1.29 is 9.59 Å². The minimum absolute atomic E-state index is 0.00228. The van der Waals surface area contributed by atoms with Gasteiger partial charge in [-0.15, -0.1) is 5.10 Å². The van der Waals surface area contributed by atoms with Gasteiger partial charge in [0.05, 0.1) is 0 Å². The van der Waals surface area contributed by atoms with E-state index in [2.05, 4.69) is 20.7 Å². The number of amides is 2. The Hall–Kier alpha value is -3.48. The summed E-state index contributed by atoms with van der Waals surface area (Å²) in [6.07, 6.45) is 1.40. The van der Waals surface area contributed by atoms with Crippen LogP contribution >= 0.6 is 0 Å². The molecular weight excluding hydrogens is 318 g/mol. The molecular formula is C18H17N5O2. The van der Waals surface area contributed by atoms with E-state index in [1.54, 1.807) is 24.3 Å². The van der Waals surface area contributed by atoms with E-state index in [4.69, 9.17) is 0 Å². The van der Waals surface area contributed by atoms with Crippen LogP contribution in [0.4, 0.5) is 11.6 Å². The predicted molar refractivity (Wildman–Crippen MR) is 94.2 cm³/mol. The molecule has 2 N–H and O–H groups in total. The van der Waals surface area contributed by atoms with Gasteiger partial charge in [-0.3, -0.25) is 14.9 Å². The molecule has 1 aromatic heterocycles. The first-order chi connectivity index (χ1) is 12.1. The number of para-hydroxylation sites is 1. The molecule has 7 heteroatoms. The molecule has 0 aliphatic carbocycles. The number of benzene rings is 2. The van der Waals surface area contributed by atoms with Gasteiger partial charge in [0.2, 0.25) is 11.9 Å². The number of carbonyl (C=O) groups excluding carboxylic acids is 2. The van der Waals surface area contributed by atoms with E-state index in [-0.39, 0.29) is 24.3 Å². The molecule has 0 saturated heterocycles. The number of hydrogen-bond acceptors (Lipinski definition) is 4. The van der Waals surface area contributed by atoms with Crippen LogP contribution in [0.2, 0.25) is 0 Å². The maximum Gasteiger partial charge on any atom is 0.258 e. The van der Waals surface area contributed by atoms with E-state index in [0.29, 0.717) is 11.3 Å². The predicted octanol–water partition coefficient (Wildman–Crippen LogP) is 2.48. The van der Waals surface area contributed by atoms with Crippen LogP contribution in [0.15, 0.2) is 60.9 Å². The number of nitrogens with zero attached hydrogens (tertiary/aromatic N) is 3. The zero-order chi connectivity index (χ0) is 17.6. The second-order valence-corrected chi connectivity index (χ2v) is 5.50. The molecule has 0 spiro atoms. The molecule has 0 fully saturated rings. The molecule has 2 aromatic carbocycles. The van der Waals surface area contributed by atoms with Crippen LogP contribution in [0.3, 0.4) is 0 Å². The van der Waals surface area contributed by atoms with Crippen LogP contribution in [0.1, 0.15) is 15.9 Å². The Bertz CT molecular complexity index is 872. The number of aromatic nitrogens is 3. The van der Waals surface area contributed by atoms with Gasteiger partial charge in [0, 0.05) is 11.3 Å². The summed E-state index contributed by atoms with van der Waals surface area (Å²) >= 11 is 0. The summed E-state index contributed by atoms with van der Waals surface area (Å²) < 4.78 is 1.36. The number of carbonyl (C=O) groups is 2. The van der Waals surface area contributed by atoms with Crippen molar-refractivity contribution >= 4 is 23.5 Å². The van der Waals surface area contributed by atoms with E-state index in [9.17, 15) is 9.59 Å². The lowest BCUT2D eigenvalue weighted by Gasteiger charge is -2.04. The van der Waals surface area contributed by atoms with Crippen molar-refractivity contribution in [1.82, 2.24) is 14.8 Å². The van der Waals surface area contributed by atoms with Gasteiger partial charge < -0.3 is 5.32 Å². The smallest absolute Gasteiger partial charge is 0.258 e. The molecule has 1 heterocycles. The fraction of sp³-hybridized carbons (Fsp3) is 0.111. The fourth-order valence-electron chi connectivity index (χ4n) is 2.18. The summed E-state index contributed by atoms with van der Waals surface area (Å²) in [5.74, 6) is -0.378.